The van der Waals surface area contributed by atoms with Crippen molar-refractivity contribution in [1.82, 2.24) is 0 Å². The van der Waals surface area contributed by atoms with Gasteiger partial charge in [-0.25, -0.2) is 0 Å². The number of nitrogens with one attached hydrogen (secondary N) is 1. The summed E-state index contributed by atoms with van der Waals surface area (Å²) < 4.78 is 5.59. The number of allylic oxidation sites excluding steroid dienone is 2. The van der Waals surface area contributed by atoms with Crippen LogP contribution in [0.3, 0.4) is 0 Å². The highest BCUT2D eigenvalue weighted by Gasteiger charge is 2.24. The molecule has 0 aromatic heterocycles. The van der Waals surface area contributed by atoms with Crippen molar-refractivity contribution in [3.63, 3.8) is 0 Å². The van der Waals surface area contributed by atoms with Gasteiger partial charge in [-0.3, -0.25) is 9.59 Å². The van der Waals surface area contributed by atoms with Crippen LogP contribution >= 0.6 is 0 Å². The number of Topliss-reactive ketones (excluding diaryl/α,β-unsaturated/α-hetero) is 2. The monoisotopic (exact) mass is 427 g/mol. The molecule has 4 heteroatoms. The molecule has 0 amide bonds. The number of fused-ring (bicyclic) bond motifs is 1. The molecule has 0 radical (unpaired) electrons. The minimum Gasteiger partial charge on any atom is -0.496 e. The summed E-state index contributed by atoms with van der Waals surface area (Å²) in [5.41, 5.74) is 4.33. The molecule has 1 atom stereocenters. The Bertz CT molecular complexity index is 1200. The Balaban J connectivity index is 1.58. The van der Waals surface area contributed by atoms with Gasteiger partial charge in [-0.15, -0.1) is 0 Å². The van der Waals surface area contributed by atoms with Crippen LogP contribution in [-0.4, -0.2) is 18.7 Å². The third kappa shape index (κ3) is 4.31. The van der Waals surface area contributed by atoms with Crippen molar-refractivity contribution < 1.29 is 14.3 Å². The number of anilines is 1. The number of benzene rings is 3. The van der Waals surface area contributed by atoms with Crippen LogP contribution in [0.4, 0.5) is 5.69 Å². The molecule has 4 rings (SSSR count). The van der Waals surface area contributed by atoms with E-state index in [-0.39, 0.29) is 17.5 Å². The van der Waals surface area contributed by atoms with Gasteiger partial charge in [0.1, 0.15) is 5.75 Å². The van der Waals surface area contributed by atoms with Crippen LogP contribution in [0.15, 0.2) is 71.9 Å². The zero-order valence-electron chi connectivity index (χ0n) is 18.9. The average molecular weight is 428 g/mol. The third-order valence-electron chi connectivity index (χ3n) is 6.45. The molecule has 1 N–H and O–H groups in total. The maximum absolute atomic E-state index is 13.5. The van der Waals surface area contributed by atoms with E-state index in [4.69, 9.17) is 4.74 Å². The molecule has 164 valence electrons. The van der Waals surface area contributed by atoms with Crippen molar-refractivity contribution in [3.05, 3.63) is 83.1 Å². The van der Waals surface area contributed by atoms with E-state index in [9.17, 15) is 9.59 Å². The fourth-order valence-electron chi connectivity index (χ4n) is 4.46. The van der Waals surface area contributed by atoms with Gasteiger partial charge in [0.25, 0.3) is 0 Å². The van der Waals surface area contributed by atoms with Gasteiger partial charge >= 0.3 is 0 Å². The Hall–Kier alpha value is -3.40. The SMILES string of the molecule is CCC(Cc1cccc2ccccc12)C(=O)c1ccc(NC2=C(C)C(=O)CC2)cc1OC. The molecule has 0 bridgehead atoms. The first kappa shape index (κ1) is 21.8. The Morgan fingerprint density at radius 3 is 2.56 bits per heavy atom. The predicted octanol–water partition coefficient (Wildman–Crippen LogP) is 6.35. The first-order valence-electron chi connectivity index (χ1n) is 11.2. The van der Waals surface area contributed by atoms with E-state index in [0.717, 1.165) is 29.8 Å². The van der Waals surface area contributed by atoms with Crippen LogP contribution < -0.4 is 10.1 Å². The summed E-state index contributed by atoms with van der Waals surface area (Å²) in [4.78, 5) is 25.3. The molecule has 0 heterocycles. The molecule has 3 aromatic carbocycles. The molecule has 0 spiro atoms. The second-order valence-electron chi connectivity index (χ2n) is 8.38. The van der Waals surface area contributed by atoms with Crippen LogP contribution in [0.5, 0.6) is 5.75 Å². The van der Waals surface area contributed by atoms with Gasteiger partial charge in [0.2, 0.25) is 0 Å². The predicted molar refractivity (Wildman–Crippen MR) is 129 cm³/mol. The lowest BCUT2D eigenvalue weighted by atomic mass is 9.87. The molecular formula is C28H29NO3. The first-order valence-corrected chi connectivity index (χ1v) is 11.2. The van der Waals surface area contributed by atoms with Gasteiger partial charge in [-0.2, -0.15) is 0 Å². The zero-order chi connectivity index (χ0) is 22.7. The van der Waals surface area contributed by atoms with Crippen molar-refractivity contribution in [3.8, 4) is 5.75 Å². The number of carbonyl (C=O) groups excluding carboxylic acids is 2. The number of hydrogen-bond donors (Lipinski definition) is 1. The van der Waals surface area contributed by atoms with E-state index in [1.165, 1.54) is 16.3 Å². The van der Waals surface area contributed by atoms with Gasteiger partial charge < -0.3 is 10.1 Å². The number of methoxy groups -OCH3 is 1. The summed E-state index contributed by atoms with van der Waals surface area (Å²) in [6, 6.07) is 20.1. The van der Waals surface area contributed by atoms with Gasteiger partial charge in [0, 0.05) is 35.4 Å². The molecule has 0 fully saturated rings. The van der Waals surface area contributed by atoms with Crippen molar-refractivity contribution in [1.29, 1.82) is 0 Å². The van der Waals surface area contributed by atoms with E-state index in [2.05, 4.69) is 42.6 Å². The number of carbonyl (C=O) groups is 2. The molecule has 1 aliphatic rings. The summed E-state index contributed by atoms with van der Waals surface area (Å²) in [7, 11) is 1.59. The van der Waals surface area contributed by atoms with Crippen molar-refractivity contribution in [2.24, 2.45) is 5.92 Å². The molecule has 32 heavy (non-hydrogen) atoms. The molecule has 4 nitrogen and oxygen atoms in total. The molecule has 0 saturated carbocycles. The minimum absolute atomic E-state index is 0.0928. The topological polar surface area (TPSA) is 55.4 Å². The highest BCUT2D eigenvalue weighted by Crippen LogP contribution is 2.31. The lowest BCUT2D eigenvalue weighted by Gasteiger charge is -2.18. The van der Waals surface area contributed by atoms with E-state index >= 15 is 0 Å². The smallest absolute Gasteiger partial charge is 0.169 e. The second-order valence-corrected chi connectivity index (χ2v) is 8.38. The molecule has 3 aromatic rings. The van der Waals surface area contributed by atoms with Crippen LogP contribution in [0.2, 0.25) is 0 Å². The van der Waals surface area contributed by atoms with Crippen LogP contribution in [0.1, 0.15) is 49.0 Å². The van der Waals surface area contributed by atoms with Crippen LogP contribution in [-0.2, 0) is 11.2 Å². The van der Waals surface area contributed by atoms with Crippen LogP contribution in [0.25, 0.3) is 10.8 Å². The Labute approximate surface area is 189 Å². The lowest BCUT2D eigenvalue weighted by Crippen LogP contribution is -2.18. The van der Waals surface area contributed by atoms with E-state index in [0.29, 0.717) is 24.2 Å². The lowest BCUT2D eigenvalue weighted by molar-refractivity contribution is -0.114. The summed E-state index contributed by atoms with van der Waals surface area (Å²) in [5, 5.41) is 5.72. The second kappa shape index (κ2) is 9.39. The molecule has 0 aliphatic heterocycles. The fraction of sp³-hybridized carbons (Fsp3) is 0.286. The van der Waals surface area contributed by atoms with Crippen molar-refractivity contribution in [2.75, 3.05) is 12.4 Å². The molecule has 0 saturated heterocycles. The van der Waals surface area contributed by atoms with Gasteiger partial charge in [0.05, 0.1) is 12.7 Å². The Kier molecular flexibility index (Phi) is 6.40. The van der Waals surface area contributed by atoms with Gasteiger partial charge in [-0.1, -0.05) is 49.4 Å². The largest absolute Gasteiger partial charge is 0.496 e. The van der Waals surface area contributed by atoms with Crippen LogP contribution in [0, 0.1) is 5.92 Å². The number of rotatable bonds is 8. The van der Waals surface area contributed by atoms with Gasteiger partial charge in [-0.05, 0) is 54.7 Å². The Morgan fingerprint density at radius 1 is 1.06 bits per heavy atom. The number of ether oxygens (including phenoxy) is 1. The standard InChI is InChI=1S/C28H29NO3/c1-4-19(16-21-10-7-9-20-8-5-6-11-23(20)21)28(31)24-13-12-22(17-27(24)32-3)29-25-14-15-26(30)18(25)2/h5-13,17,19,29H,4,14-16H2,1-3H3. The average Bonchev–Trinajstić information content (AvgIpc) is 3.14. The van der Waals surface area contributed by atoms with Crippen molar-refractivity contribution in [2.45, 2.75) is 39.5 Å². The summed E-state index contributed by atoms with van der Waals surface area (Å²) >= 11 is 0. The Morgan fingerprint density at radius 2 is 1.84 bits per heavy atom. The third-order valence-corrected chi connectivity index (χ3v) is 6.45. The quantitative estimate of drug-likeness (QED) is 0.426. The maximum atomic E-state index is 13.5. The van der Waals surface area contributed by atoms with E-state index < -0.39 is 0 Å². The summed E-state index contributed by atoms with van der Waals surface area (Å²) in [6.45, 7) is 3.91. The highest BCUT2D eigenvalue weighted by atomic mass is 16.5. The maximum Gasteiger partial charge on any atom is 0.169 e. The van der Waals surface area contributed by atoms with E-state index in [1.807, 2.05) is 37.3 Å². The van der Waals surface area contributed by atoms with Gasteiger partial charge in [0.15, 0.2) is 11.6 Å². The summed E-state index contributed by atoms with van der Waals surface area (Å²) in [5.74, 6) is 0.700. The number of ketones is 2. The molecular weight excluding hydrogens is 398 g/mol. The highest BCUT2D eigenvalue weighted by molar-refractivity contribution is 6.01. The number of hydrogen-bond acceptors (Lipinski definition) is 4. The first-order chi connectivity index (χ1) is 15.5. The normalized spacial score (nSPS) is 14.7. The fourth-order valence-corrected chi connectivity index (χ4v) is 4.46. The zero-order valence-corrected chi connectivity index (χ0v) is 18.9. The minimum atomic E-state index is -0.133. The summed E-state index contributed by atoms with van der Waals surface area (Å²) in [6.07, 6.45) is 2.71. The molecule has 1 unspecified atom stereocenters. The molecule has 1 aliphatic carbocycles. The van der Waals surface area contributed by atoms with E-state index in [1.54, 1.807) is 7.11 Å². The van der Waals surface area contributed by atoms with Crippen molar-refractivity contribution >= 4 is 28.0 Å².